The van der Waals surface area contributed by atoms with Crippen molar-refractivity contribution in [1.29, 1.82) is 0 Å². The third-order valence-electron chi connectivity index (χ3n) is 1.62. The van der Waals surface area contributed by atoms with Gasteiger partial charge >= 0.3 is 0 Å². The quantitative estimate of drug-likeness (QED) is 0.636. The largest absolute Gasteiger partial charge is 0.504 e. The second-order valence-electron chi connectivity index (χ2n) is 2.50. The van der Waals surface area contributed by atoms with Gasteiger partial charge in [-0.25, -0.2) is 0 Å². The molecule has 1 aromatic carbocycles. The molecule has 0 aliphatic carbocycles. The summed E-state index contributed by atoms with van der Waals surface area (Å²) in [6.45, 7) is 3.63. The van der Waals surface area contributed by atoms with Gasteiger partial charge in [0, 0.05) is 19.5 Å². The minimum absolute atomic E-state index is 0. The molecule has 0 spiro atoms. The minimum Gasteiger partial charge on any atom is -0.504 e. The summed E-state index contributed by atoms with van der Waals surface area (Å²) in [7, 11) is 1.53. The molecule has 0 saturated carbocycles. The molecule has 0 aliphatic heterocycles. The van der Waals surface area contributed by atoms with E-state index in [1.807, 2.05) is 12.1 Å². The Bertz CT molecular complexity index is 284. The molecule has 0 bridgehead atoms. The maximum atomic E-state index is 9.25. The van der Waals surface area contributed by atoms with Crippen LogP contribution in [0.25, 0.3) is 0 Å². The van der Waals surface area contributed by atoms with Crippen LogP contribution in [0.15, 0.2) is 30.9 Å². The van der Waals surface area contributed by atoms with Crippen molar-refractivity contribution >= 4 is 0 Å². The SMILES string of the molecule is C=CCc1ccc(O)c(OC)c1.[Zn]. The summed E-state index contributed by atoms with van der Waals surface area (Å²) in [6, 6.07) is 5.27. The maximum absolute atomic E-state index is 9.25. The molecule has 0 radical (unpaired) electrons. The summed E-state index contributed by atoms with van der Waals surface area (Å²) in [4.78, 5) is 0. The van der Waals surface area contributed by atoms with Crippen LogP contribution in [0, 0.1) is 0 Å². The number of phenolic OH excluding ortho intramolecular Hbond substituents is 1. The first-order chi connectivity index (χ1) is 5.77. The molecule has 0 amide bonds. The average molecular weight is 230 g/mol. The number of hydrogen-bond acceptors (Lipinski definition) is 2. The van der Waals surface area contributed by atoms with E-state index in [-0.39, 0.29) is 25.2 Å². The first-order valence-corrected chi connectivity index (χ1v) is 3.74. The van der Waals surface area contributed by atoms with Crippen LogP contribution in [0.4, 0.5) is 0 Å². The number of phenols is 1. The van der Waals surface area contributed by atoms with Crippen LogP contribution in [0.1, 0.15) is 5.56 Å². The zero-order valence-electron chi connectivity index (χ0n) is 7.79. The Kier molecular flexibility index (Phi) is 5.40. The number of aromatic hydroxyl groups is 1. The smallest absolute Gasteiger partial charge is 0.160 e. The Labute approximate surface area is 91.0 Å². The third-order valence-corrected chi connectivity index (χ3v) is 1.62. The van der Waals surface area contributed by atoms with E-state index in [4.69, 9.17) is 4.74 Å². The van der Waals surface area contributed by atoms with Crippen LogP contribution in [0.5, 0.6) is 11.5 Å². The van der Waals surface area contributed by atoms with E-state index >= 15 is 0 Å². The maximum Gasteiger partial charge on any atom is 0.160 e. The van der Waals surface area contributed by atoms with Crippen molar-refractivity contribution in [2.24, 2.45) is 0 Å². The van der Waals surface area contributed by atoms with Gasteiger partial charge in [0.15, 0.2) is 11.5 Å². The summed E-state index contributed by atoms with van der Waals surface area (Å²) in [5.74, 6) is 0.680. The van der Waals surface area contributed by atoms with Gasteiger partial charge in [0.1, 0.15) is 0 Å². The second-order valence-corrected chi connectivity index (χ2v) is 2.50. The third kappa shape index (κ3) is 3.19. The van der Waals surface area contributed by atoms with Crippen molar-refractivity contribution in [1.82, 2.24) is 0 Å². The molecule has 0 fully saturated rings. The fourth-order valence-electron chi connectivity index (χ4n) is 1.02. The van der Waals surface area contributed by atoms with Crippen molar-refractivity contribution in [2.45, 2.75) is 6.42 Å². The number of rotatable bonds is 3. The van der Waals surface area contributed by atoms with Gasteiger partial charge in [0.2, 0.25) is 0 Å². The topological polar surface area (TPSA) is 29.5 Å². The Morgan fingerprint density at radius 3 is 2.77 bits per heavy atom. The van der Waals surface area contributed by atoms with Crippen molar-refractivity contribution in [2.75, 3.05) is 7.11 Å². The average Bonchev–Trinajstić information content (AvgIpc) is 2.09. The first kappa shape index (κ1) is 12.2. The zero-order valence-corrected chi connectivity index (χ0v) is 10.8. The number of methoxy groups -OCH3 is 1. The van der Waals surface area contributed by atoms with Gasteiger partial charge in [-0.15, -0.1) is 6.58 Å². The molecule has 3 heteroatoms. The normalized spacial score (nSPS) is 8.69. The molecule has 0 aromatic heterocycles. The van der Waals surface area contributed by atoms with Gasteiger partial charge in [-0.05, 0) is 24.1 Å². The molecule has 1 N–H and O–H groups in total. The monoisotopic (exact) mass is 228 g/mol. The summed E-state index contributed by atoms with van der Waals surface area (Å²) in [6.07, 6.45) is 2.60. The first-order valence-electron chi connectivity index (χ1n) is 3.74. The van der Waals surface area contributed by atoms with Gasteiger partial charge in [-0.1, -0.05) is 12.1 Å². The molecular formula is C10H12O2Zn. The summed E-state index contributed by atoms with van der Waals surface area (Å²) in [5, 5.41) is 9.25. The van der Waals surface area contributed by atoms with Crippen molar-refractivity contribution in [3.8, 4) is 11.5 Å². The van der Waals surface area contributed by atoms with Gasteiger partial charge in [-0.2, -0.15) is 0 Å². The van der Waals surface area contributed by atoms with Crippen LogP contribution in [0.2, 0.25) is 0 Å². The Morgan fingerprint density at radius 2 is 2.23 bits per heavy atom. The molecule has 66 valence electrons. The fraction of sp³-hybridized carbons (Fsp3) is 0.200. The van der Waals surface area contributed by atoms with Crippen molar-refractivity contribution in [3.05, 3.63) is 36.4 Å². The number of hydrogen-bond donors (Lipinski definition) is 1. The van der Waals surface area contributed by atoms with E-state index in [1.54, 1.807) is 12.1 Å². The van der Waals surface area contributed by atoms with Crippen LogP contribution in [-0.4, -0.2) is 12.2 Å². The number of allylic oxidation sites excluding steroid dienone is 1. The summed E-state index contributed by atoms with van der Waals surface area (Å²) < 4.78 is 4.95. The van der Waals surface area contributed by atoms with Gasteiger partial charge in [0.05, 0.1) is 7.11 Å². The van der Waals surface area contributed by atoms with E-state index in [0.29, 0.717) is 5.75 Å². The molecule has 0 unspecified atom stereocenters. The van der Waals surface area contributed by atoms with Crippen LogP contribution in [-0.2, 0) is 25.9 Å². The van der Waals surface area contributed by atoms with E-state index in [9.17, 15) is 5.11 Å². The standard InChI is InChI=1S/C10H12O2.Zn/c1-3-4-8-5-6-9(11)10(7-8)12-2;/h3,5-7,11H,1,4H2,2H3;. The molecule has 1 rings (SSSR count). The van der Waals surface area contributed by atoms with Gasteiger partial charge in [-0.3, -0.25) is 0 Å². The molecule has 0 saturated heterocycles. The Hall–Kier alpha value is -0.817. The molecule has 13 heavy (non-hydrogen) atoms. The molecular weight excluding hydrogens is 217 g/mol. The number of ether oxygens (including phenoxy) is 1. The van der Waals surface area contributed by atoms with Crippen molar-refractivity contribution < 1.29 is 29.3 Å². The second kappa shape index (κ2) is 5.76. The van der Waals surface area contributed by atoms with E-state index < -0.39 is 0 Å². The van der Waals surface area contributed by atoms with Gasteiger partial charge < -0.3 is 9.84 Å². The summed E-state index contributed by atoms with van der Waals surface area (Å²) in [5.41, 5.74) is 1.08. The van der Waals surface area contributed by atoms with Crippen LogP contribution in [0.3, 0.4) is 0 Å². The van der Waals surface area contributed by atoms with E-state index in [2.05, 4.69) is 6.58 Å². The van der Waals surface area contributed by atoms with Crippen LogP contribution < -0.4 is 4.74 Å². The van der Waals surface area contributed by atoms with E-state index in [0.717, 1.165) is 12.0 Å². The predicted octanol–water partition coefficient (Wildman–Crippen LogP) is 2.13. The molecule has 1 aromatic rings. The number of benzene rings is 1. The predicted molar refractivity (Wildman–Crippen MR) is 48.6 cm³/mol. The molecule has 0 atom stereocenters. The van der Waals surface area contributed by atoms with Gasteiger partial charge in [0.25, 0.3) is 0 Å². The molecule has 2 nitrogen and oxygen atoms in total. The molecule has 0 aliphatic rings. The van der Waals surface area contributed by atoms with E-state index in [1.165, 1.54) is 7.11 Å². The Balaban J connectivity index is 0.00000144. The molecule has 0 heterocycles. The Morgan fingerprint density at radius 1 is 1.54 bits per heavy atom. The fourth-order valence-corrected chi connectivity index (χ4v) is 1.02. The zero-order chi connectivity index (χ0) is 8.97. The van der Waals surface area contributed by atoms with Crippen LogP contribution >= 0.6 is 0 Å². The van der Waals surface area contributed by atoms with Crippen molar-refractivity contribution in [3.63, 3.8) is 0 Å². The minimum atomic E-state index is 0. The summed E-state index contributed by atoms with van der Waals surface area (Å²) >= 11 is 0.